The van der Waals surface area contributed by atoms with E-state index in [4.69, 9.17) is 9.84 Å². The lowest BCUT2D eigenvalue weighted by Crippen LogP contribution is -2.53. The summed E-state index contributed by atoms with van der Waals surface area (Å²) in [4.78, 5) is 15.3. The average Bonchev–Trinajstić information content (AvgIpc) is 3.41. The van der Waals surface area contributed by atoms with Gasteiger partial charge in [-0.2, -0.15) is 5.10 Å². The van der Waals surface area contributed by atoms with E-state index in [0.29, 0.717) is 17.9 Å². The number of amides is 1. The molecule has 3 aliphatic heterocycles. The normalized spacial score (nSPS) is 33.1. The van der Waals surface area contributed by atoms with Crippen LogP contribution in [0.15, 0.2) is 18.2 Å². The maximum absolute atomic E-state index is 13.1. The van der Waals surface area contributed by atoms with Gasteiger partial charge in [-0.25, -0.2) is 0 Å². The fraction of sp³-hybridized carbons (Fsp3) is 0.655. The lowest BCUT2D eigenvalue weighted by molar-refractivity contribution is -0.140. The van der Waals surface area contributed by atoms with Crippen LogP contribution in [-0.4, -0.2) is 45.3 Å². The molecule has 6 nitrogen and oxygen atoms in total. The second-order valence-electron chi connectivity index (χ2n) is 12.5. The van der Waals surface area contributed by atoms with Gasteiger partial charge in [-0.1, -0.05) is 13.0 Å². The molecule has 1 N–H and O–H groups in total. The molecule has 4 aliphatic rings. The molecule has 3 fully saturated rings. The number of carbonyl (C=O) groups excluding carboxylic acids is 1. The molecule has 1 spiro atoms. The van der Waals surface area contributed by atoms with Gasteiger partial charge in [0.25, 0.3) is 0 Å². The predicted molar refractivity (Wildman–Crippen MR) is 137 cm³/mol. The second-order valence-corrected chi connectivity index (χ2v) is 12.5. The van der Waals surface area contributed by atoms with Crippen molar-refractivity contribution in [2.75, 3.05) is 13.1 Å². The summed E-state index contributed by atoms with van der Waals surface area (Å²) in [5.74, 6) is 2.05. The van der Waals surface area contributed by atoms with Crippen molar-refractivity contribution < 1.29 is 9.53 Å². The number of carbonyl (C=O) groups is 1. The Morgan fingerprint density at radius 2 is 1.97 bits per heavy atom. The number of aryl methyl sites for hydroxylation is 1. The minimum atomic E-state index is -0.438. The molecule has 2 aromatic rings. The second kappa shape index (κ2) is 7.83. The largest absolute Gasteiger partial charge is 0.482 e. The number of nitrogens with one attached hydrogen (secondary N) is 1. The Balaban J connectivity index is 1.41. The molecule has 5 atom stereocenters. The number of piperidine rings is 2. The molecular weight excluding hydrogens is 436 g/mol. The summed E-state index contributed by atoms with van der Waals surface area (Å²) in [5.41, 5.74) is 5.53. The van der Waals surface area contributed by atoms with Crippen LogP contribution in [0.4, 0.5) is 0 Å². The van der Waals surface area contributed by atoms with Crippen molar-refractivity contribution in [1.29, 1.82) is 0 Å². The van der Waals surface area contributed by atoms with Crippen LogP contribution in [0.1, 0.15) is 82.7 Å². The van der Waals surface area contributed by atoms with Crippen LogP contribution in [0.25, 0.3) is 11.3 Å². The summed E-state index contributed by atoms with van der Waals surface area (Å²) in [7, 11) is 0. The number of aromatic nitrogens is 2. The fourth-order valence-electron chi connectivity index (χ4n) is 7.07. The van der Waals surface area contributed by atoms with Crippen molar-refractivity contribution in [1.82, 2.24) is 20.0 Å². The van der Waals surface area contributed by atoms with E-state index in [0.717, 1.165) is 62.2 Å². The van der Waals surface area contributed by atoms with Crippen LogP contribution in [0.3, 0.4) is 0 Å². The van der Waals surface area contributed by atoms with E-state index in [1.807, 2.05) is 0 Å². The van der Waals surface area contributed by atoms with Crippen LogP contribution in [0.5, 0.6) is 5.75 Å². The summed E-state index contributed by atoms with van der Waals surface area (Å²) in [6, 6.07) is 7.01. The molecule has 1 aromatic carbocycles. The van der Waals surface area contributed by atoms with E-state index in [-0.39, 0.29) is 17.5 Å². The van der Waals surface area contributed by atoms with Gasteiger partial charge in [0.05, 0.1) is 6.04 Å². The van der Waals surface area contributed by atoms with Crippen LogP contribution in [0.2, 0.25) is 0 Å². The monoisotopic (exact) mass is 476 g/mol. The Hall–Kier alpha value is -2.34. The summed E-state index contributed by atoms with van der Waals surface area (Å²) >= 11 is 0. The van der Waals surface area contributed by atoms with Crippen LogP contribution in [0, 0.1) is 25.7 Å². The molecule has 35 heavy (non-hydrogen) atoms. The average molecular weight is 477 g/mol. The van der Waals surface area contributed by atoms with E-state index in [1.54, 1.807) is 0 Å². The van der Waals surface area contributed by atoms with Gasteiger partial charge < -0.3 is 15.0 Å². The number of likely N-dealkylation sites (tertiary alicyclic amines) is 1. The highest BCUT2D eigenvalue weighted by Crippen LogP contribution is 2.53. The minimum Gasteiger partial charge on any atom is -0.482 e. The van der Waals surface area contributed by atoms with Crippen LogP contribution in [-0.2, 0) is 10.4 Å². The molecule has 188 valence electrons. The molecule has 6 heteroatoms. The molecule has 1 unspecified atom stereocenters. The van der Waals surface area contributed by atoms with Crippen molar-refractivity contribution in [2.45, 2.75) is 96.9 Å². The number of benzene rings is 1. The van der Waals surface area contributed by atoms with Crippen LogP contribution < -0.4 is 10.1 Å². The molecule has 1 aliphatic carbocycles. The molecule has 6 rings (SSSR count). The summed E-state index contributed by atoms with van der Waals surface area (Å²) < 4.78 is 9.29. The van der Waals surface area contributed by atoms with Gasteiger partial charge in [0.2, 0.25) is 5.91 Å². The van der Waals surface area contributed by atoms with Crippen molar-refractivity contribution in [3.05, 3.63) is 35.0 Å². The lowest BCUT2D eigenvalue weighted by Gasteiger charge is -2.47. The van der Waals surface area contributed by atoms with Gasteiger partial charge in [0.1, 0.15) is 17.0 Å². The molecule has 2 saturated heterocycles. The van der Waals surface area contributed by atoms with Crippen LogP contribution >= 0.6 is 0 Å². The van der Waals surface area contributed by atoms with Gasteiger partial charge in [0, 0.05) is 53.7 Å². The Morgan fingerprint density at radius 3 is 2.66 bits per heavy atom. The Bertz CT molecular complexity index is 1180. The third kappa shape index (κ3) is 3.71. The number of fused-ring (bicyclic) bond motifs is 4. The highest BCUT2D eigenvalue weighted by Gasteiger charge is 2.52. The zero-order chi connectivity index (χ0) is 24.7. The Labute approximate surface area is 209 Å². The lowest BCUT2D eigenvalue weighted by atomic mass is 9.77. The first-order valence-electron chi connectivity index (χ1n) is 13.5. The number of ether oxygens (including phenoxy) is 1. The molecule has 1 aromatic heterocycles. The zero-order valence-electron chi connectivity index (χ0n) is 22.1. The quantitative estimate of drug-likeness (QED) is 0.653. The third-order valence-corrected chi connectivity index (χ3v) is 9.10. The highest BCUT2D eigenvalue weighted by atomic mass is 16.5. The van der Waals surface area contributed by atoms with E-state index in [9.17, 15) is 4.79 Å². The SMILES string of the molecule is Cc1ccc2c(c1)O[C@@]1(CCN(C(=O)[C@H]3C[C@@H]3C)[C@@H](C)C1)c1c-2nn(C2CCNC(C)(C)C2)c1C. The third-order valence-electron chi connectivity index (χ3n) is 9.10. The number of hydrogen-bond donors (Lipinski definition) is 1. The number of nitrogens with zero attached hydrogens (tertiary/aromatic N) is 3. The molecular formula is C29H40N4O2. The standard InChI is InChI=1S/C29H40N4O2/c1-17-7-8-22-24(13-17)35-29(10-12-32(19(3)15-29)27(34)23-14-18(23)2)25-20(4)33(31-26(22)25)21-9-11-30-28(5,6)16-21/h7-8,13,18-19,21,23,30H,9-12,14-16H2,1-6H3/t18-,19-,21?,23-,29+/m0/s1. The first-order chi connectivity index (χ1) is 16.6. The van der Waals surface area contributed by atoms with E-state index in [1.165, 1.54) is 16.8 Å². The van der Waals surface area contributed by atoms with Gasteiger partial charge >= 0.3 is 0 Å². The zero-order valence-corrected chi connectivity index (χ0v) is 22.1. The molecule has 0 bridgehead atoms. The van der Waals surface area contributed by atoms with Crippen molar-refractivity contribution >= 4 is 5.91 Å². The maximum atomic E-state index is 13.1. The van der Waals surface area contributed by atoms with Gasteiger partial charge in [-0.05, 0) is 84.0 Å². The maximum Gasteiger partial charge on any atom is 0.226 e. The van der Waals surface area contributed by atoms with E-state index >= 15 is 0 Å². The van der Waals surface area contributed by atoms with E-state index in [2.05, 4.69) is 74.6 Å². The van der Waals surface area contributed by atoms with Gasteiger partial charge in [-0.15, -0.1) is 0 Å². The topological polar surface area (TPSA) is 59.4 Å². The number of hydrogen-bond acceptors (Lipinski definition) is 4. The smallest absolute Gasteiger partial charge is 0.226 e. The molecule has 1 saturated carbocycles. The number of rotatable bonds is 2. The van der Waals surface area contributed by atoms with Gasteiger partial charge in [-0.3, -0.25) is 9.48 Å². The Kier molecular flexibility index (Phi) is 5.16. The first kappa shape index (κ1) is 23.1. The highest BCUT2D eigenvalue weighted by molar-refractivity contribution is 5.82. The van der Waals surface area contributed by atoms with Crippen molar-refractivity contribution in [3.8, 4) is 17.0 Å². The summed E-state index contributed by atoms with van der Waals surface area (Å²) in [6.45, 7) is 15.1. The van der Waals surface area contributed by atoms with Crippen molar-refractivity contribution in [2.24, 2.45) is 11.8 Å². The first-order valence-corrected chi connectivity index (χ1v) is 13.5. The Morgan fingerprint density at radius 1 is 1.20 bits per heavy atom. The van der Waals surface area contributed by atoms with Gasteiger partial charge in [0.15, 0.2) is 0 Å². The van der Waals surface area contributed by atoms with Crippen molar-refractivity contribution in [3.63, 3.8) is 0 Å². The fourth-order valence-corrected chi connectivity index (χ4v) is 7.07. The summed E-state index contributed by atoms with van der Waals surface area (Å²) in [6.07, 6.45) is 4.80. The summed E-state index contributed by atoms with van der Waals surface area (Å²) in [5, 5.41) is 8.97. The van der Waals surface area contributed by atoms with E-state index < -0.39 is 5.60 Å². The molecule has 0 radical (unpaired) electrons. The minimum absolute atomic E-state index is 0.102. The molecule has 1 amide bonds. The predicted octanol–water partition coefficient (Wildman–Crippen LogP) is 5.12. The molecule has 4 heterocycles.